The fourth-order valence-corrected chi connectivity index (χ4v) is 6.96. The Balaban J connectivity index is 1.43. The number of methoxy groups -OCH3 is 1. The third-order valence-electron chi connectivity index (χ3n) is 10.1. The molecule has 5 aromatic carbocycles. The van der Waals surface area contributed by atoms with Gasteiger partial charge in [-0.1, -0.05) is 152 Å². The molecule has 0 aliphatic rings. The van der Waals surface area contributed by atoms with Gasteiger partial charge in [0.25, 0.3) is 0 Å². The van der Waals surface area contributed by atoms with Crippen LogP contribution in [0.25, 0.3) is 0 Å². The van der Waals surface area contributed by atoms with Crippen LogP contribution in [0.1, 0.15) is 48.6 Å². The van der Waals surface area contributed by atoms with Gasteiger partial charge in [0.2, 0.25) is 23.6 Å². The van der Waals surface area contributed by atoms with Crippen LogP contribution in [0.3, 0.4) is 0 Å². The van der Waals surface area contributed by atoms with E-state index in [0.717, 1.165) is 22.3 Å². The lowest BCUT2D eigenvalue weighted by molar-refractivity contribution is -0.145. The van der Waals surface area contributed by atoms with Crippen molar-refractivity contribution in [3.05, 3.63) is 179 Å². The summed E-state index contributed by atoms with van der Waals surface area (Å²) in [5, 5.41) is 14.1. The molecular weight excluding hydrogens is 811 g/mol. The van der Waals surface area contributed by atoms with Crippen LogP contribution in [0.2, 0.25) is 0 Å². The van der Waals surface area contributed by atoms with E-state index in [-0.39, 0.29) is 32.1 Å². The van der Waals surface area contributed by atoms with E-state index in [1.54, 1.807) is 32.9 Å². The highest BCUT2D eigenvalue weighted by molar-refractivity contribution is 5.96. The van der Waals surface area contributed by atoms with Crippen molar-refractivity contribution in [2.75, 3.05) is 7.11 Å². The molecular formula is C51H57N5O8. The molecule has 0 radical (unpaired) electrons. The molecule has 0 bridgehead atoms. The molecule has 0 saturated carbocycles. The quantitative estimate of drug-likeness (QED) is 0.0662. The van der Waals surface area contributed by atoms with Gasteiger partial charge in [-0.3, -0.25) is 19.2 Å². The zero-order valence-corrected chi connectivity index (χ0v) is 36.6. The molecule has 64 heavy (non-hydrogen) atoms. The largest absolute Gasteiger partial charge is 0.467 e. The lowest BCUT2D eigenvalue weighted by Crippen LogP contribution is -2.60. The van der Waals surface area contributed by atoms with Crippen molar-refractivity contribution < 1.29 is 38.2 Å². The number of hydrogen-bond donors (Lipinski definition) is 5. The Morgan fingerprint density at radius 1 is 0.391 bits per heavy atom. The molecule has 334 valence electrons. The first-order chi connectivity index (χ1) is 30.8. The van der Waals surface area contributed by atoms with Gasteiger partial charge in [-0.25, -0.2) is 9.59 Å². The normalized spacial score (nSPS) is 13.4. The summed E-state index contributed by atoms with van der Waals surface area (Å²) in [6, 6.07) is 39.6. The number of benzene rings is 5. The van der Waals surface area contributed by atoms with Crippen LogP contribution in [-0.2, 0) is 65.6 Å². The number of esters is 1. The Labute approximate surface area is 374 Å². The van der Waals surface area contributed by atoms with E-state index < -0.39 is 71.5 Å². The first kappa shape index (κ1) is 47.8. The van der Waals surface area contributed by atoms with Crippen molar-refractivity contribution in [2.45, 2.75) is 88.7 Å². The average Bonchev–Trinajstić information content (AvgIpc) is 3.28. The van der Waals surface area contributed by atoms with Crippen molar-refractivity contribution >= 4 is 35.7 Å². The van der Waals surface area contributed by atoms with E-state index in [1.165, 1.54) is 7.11 Å². The summed E-state index contributed by atoms with van der Waals surface area (Å²) in [6.45, 7) is 5.13. The molecule has 0 saturated heterocycles. The number of nitrogens with one attached hydrogen (secondary N) is 5. The number of amides is 5. The second-order valence-electron chi connectivity index (χ2n) is 16.4. The van der Waals surface area contributed by atoms with Crippen LogP contribution < -0.4 is 26.6 Å². The van der Waals surface area contributed by atoms with Crippen LogP contribution >= 0.6 is 0 Å². The summed E-state index contributed by atoms with van der Waals surface area (Å²) in [5.74, 6) is -3.30. The summed E-state index contributed by atoms with van der Waals surface area (Å²) in [5.41, 5.74) is 2.88. The Morgan fingerprint density at radius 3 is 0.875 bits per heavy atom. The third-order valence-corrected chi connectivity index (χ3v) is 10.1. The number of carbonyl (C=O) groups is 6. The van der Waals surface area contributed by atoms with Gasteiger partial charge in [0.1, 0.15) is 35.8 Å². The van der Waals surface area contributed by atoms with Gasteiger partial charge in [-0.2, -0.15) is 0 Å². The minimum atomic E-state index is -1.24. The zero-order chi connectivity index (χ0) is 45.9. The summed E-state index contributed by atoms with van der Waals surface area (Å²) in [7, 11) is 1.24. The van der Waals surface area contributed by atoms with Crippen LogP contribution in [0, 0.1) is 0 Å². The highest BCUT2D eigenvalue weighted by Crippen LogP contribution is 2.13. The molecule has 0 aromatic heterocycles. The van der Waals surface area contributed by atoms with E-state index in [1.807, 2.05) is 140 Å². The fraction of sp³-hybridized carbons (Fsp3) is 0.294. The van der Waals surface area contributed by atoms with Gasteiger partial charge < -0.3 is 36.1 Å². The first-order valence-corrected chi connectivity index (χ1v) is 21.2. The number of alkyl carbamates (subject to hydrolysis) is 1. The second kappa shape index (κ2) is 23.8. The molecule has 5 amide bonds. The Bertz CT molecular complexity index is 2270. The number of ether oxygens (including phenoxy) is 2. The van der Waals surface area contributed by atoms with Gasteiger partial charge >= 0.3 is 12.1 Å². The van der Waals surface area contributed by atoms with Crippen molar-refractivity contribution in [3.63, 3.8) is 0 Å². The fourth-order valence-electron chi connectivity index (χ4n) is 6.96. The highest BCUT2D eigenvalue weighted by atomic mass is 16.6. The van der Waals surface area contributed by atoms with Crippen LogP contribution in [0.15, 0.2) is 152 Å². The Hall–Kier alpha value is -7.28. The van der Waals surface area contributed by atoms with Gasteiger partial charge in [0.15, 0.2) is 0 Å². The molecule has 13 nitrogen and oxygen atoms in total. The summed E-state index contributed by atoms with van der Waals surface area (Å²) >= 11 is 0. The summed E-state index contributed by atoms with van der Waals surface area (Å²) in [6.07, 6.45) is -0.440. The summed E-state index contributed by atoms with van der Waals surface area (Å²) < 4.78 is 10.5. The average molecular weight is 868 g/mol. The second-order valence-corrected chi connectivity index (χ2v) is 16.4. The molecule has 0 spiro atoms. The molecule has 0 aliphatic carbocycles. The van der Waals surface area contributed by atoms with Crippen LogP contribution in [-0.4, -0.2) is 78.6 Å². The molecule has 5 rings (SSSR count). The van der Waals surface area contributed by atoms with Crippen molar-refractivity contribution in [1.82, 2.24) is 26.6 Å². The number of hydrogen-bond acceptors (Lipinski definition) is 8. The van der Waals surface area contributed by atoms with E-state index in [2.05, 4.69) is 26.6 Å². The van der Waals surface area contributed by atoms with Crippen molar-refractivity contribution in [3.8, 4) is 0 Å². The van der Waals surface area contributed by atoms with E-state index in [0.29, 0.717) is 5.56 Å². The summed E-state index contributed by atoms with van der Waals surface area (Å²) in [4.78, 5) is 83.5. The van der Waals surface area contributed by atoms with Crippen LogP contribution in [0.5, 0.6) is 0 Å². The smallest absolute Gasteiger partial charge is 0.408 e. The topological polar surface area (TPSA) is 181 Å². The maximum Gasteiger partial charge on any atom is 0.408 e. The van der Waals surface area contributed by atoms with Gasteiger partial charge in [-0.05, 0) is 48.6 Å². The standard InChI is InChI=1S/C51H57N5O8/c1-51(2,3)64-50(62)56-43(33-38-26-16-8-17-27-38)48(60)54-41(31-36-22-12-6-13-23-36)46(58)52-40(30-35-20-10-5-11-21-35)45(57)53-42(32-37-24-14-7-15-25-37)47(59)55-44(49(61)63-4)34-39-28-18-9-19-29-39/h5-29,40-44H,30-34H2,1-4H3,(H,52,58)(H,53,57)(H,54,60)(H,55,59)(H,56,62)/t40-,41-,42-,43+,44-/m0/s1. The molecule has 0 fully saturated rings. The van der Waals surface area contributed by atoms with Crippen LogP contribution in [0.4, 0.5) is 4.79 Å². The van der Waals surface area contributed by atoms with E-state index >= 15 is 0 Å². The predicted molar refractivity (Wildman–Crippen MR) is 244 cm³/mol. The van der Waals surface area contributed by atoms with Gasteiger partial charge in [0, 0.05) is 32.1 Å². The molecule has 5 N–H and O–H groups in total. The van der Waals surface area contributed by atoms with Crippen molar-refractivity contribution in [1.29, 1.82) is 0 Å². The molecule has 5 aromatic rings. The number of rotatable bonds is 20. The zero-order valence-electron chi connectivity index (χ0n) is 36.6. The van der Waals surface area contributed by atoms with Gasteiger partial charge in [-0.15, -0.1) is 0 Å². The first-order valence-electron chi connectivity index (χ1n) is 21.2. The lowest BCUT2D eigenvalue weighted by atomic mass is 10.00. The highest BCUT2D eigenvalue weighted by Gasteiger charge is 2.34. The number of carbonyl (C=O) groups excluding carboxylic acids is 6. The molecule has 13 heteroatoms. The third kappa shape index (κ3) is 15.9. The monoisotopic (exact) mass is 867 g/mol. The maximum absolute atomic E-state index is 14.6. The lowest BCUT2D eigenvalue weighted by Gasteiger charge is -2.28. The van der Waals surface area contributed by atoms with Crippen molar-refractivity contribution in [2.24, 2.45) is 0 Å². The van der Waals surface area contributed by atoms with E-state index in [9.17, 15) is 28.8 Å². The Kier molecular flexibility index (Phi) is 17.8. The molecule has 0 aliphatic heterocycles. The molecule has 0 unspecified atom stereocenters. The predicted octanol–water partition coefficient (Wildman–Crippen LogP) is 5.21. The molecule has 5 atom stereocenters. The minimum Gasteiger partial charge on any atom is -0.467 e. The Morgan fingerprint density at radius 2 is 0.625 bits per heavy atom. The maximum atomic E-state index is 14.6. The van der Waals surface area contributed by atoms with Gasteiger partial charge in [0.05, 0.1) is 7.11 Å². The minimum absolute atomic E-state index is 0.0275. The van der Waals surface area contributed by atoms with E-state index in [4.69, 9.17) is 9.47 Å². The SMILES string of the molecule is COC(=O)[C@H](Cc1ccccc1)NC(=O)[C@H](Cc1ccccc1)NC(=O)[C@H](Cc1ccccc1)NC(=O)[C@H](Cc1ccccc1)NC(=O)[C@@H](Cc1ccccc1)NC(=O)OC(C)(C)C. The molecule has 0 heterocycles.